The first-order valence-electron chi connectivity index (χ1n) is 6.53. The molecule has 0 bridgehead atoms. The fourth-order valence-corrected chi connectivity index (χ4v) is 2.51. The van der Waals surface area contributed by atoms with Gasteiger partial charge < -0.3 is 9.84 Å². The molecular weight excluding hydrogens is 250 g/mol. The second-order valence-corrected chi connectivity index (χ2v) is 5.11. The number of likely N-dealkylation sites (tertiary alicyclic amines) is 1. The average molecular weight is 270 g/mol. The average Bonchev–Trinajstić information content (AvgIpc) is 2.84. The van der Waals surface area contributed by atoms with E-state index in [1.807, 2.05) is 24.3 Å². The highest BCUT2D eigenvalue weighted by Gasteiger charge is 2.22. The van der Waals surface area contributed by atoms with Gasteiger partial charge in [0.25, 0.3) is 0 Å². The van der Waals surface area contributed by atoms with E-state index < -0.39 is 0 Å². The van der Waals surface area contributed by atoms with Gasteiger partial charge in [-0.3, -0.25) is 4.90 Å². The van der Waals surface area contributed by atoms with Gasteiger partial charge in [0.15, 0.2) is 0 Å². The van der Waals surface area contributed by atoms with Crippen LogP contribution in [0.1, 0.15) is 19.3 Å². The van der Waals surface area contributed by atoms with Gasteiger partial charge in [-0.2, -0.15) is 0 Å². The number of hydrogen-bond acceptors (Lipinski definition) is 3. The number of halogens is 1. The van der Waals surface area contributed by atoms with Gasteiger partial charge in [-0.05, 0) is 50.1 Å². The predicted octanol–water partition coefficient (Wildman–Crippen LogP) is 2.57. The topological polar surface area (TPSA) is 32.7 Å². The lowest BCUT2D eigenvalue weighted by Crippen LogP contribution is -2.33. The van der Waals surface area contributed by atoms with Gasteiger partial charge in [0.05, 0.1) is 13.2 Å². The van der Waals surface area contributed by atoms with E-state index in [0.717, 1.165) is 36.7 Å². The zero-order valence-corrected chi connectivity index (χ0v) is 11.3. The van der Waals surface area contributed by atoms with Crippen molar-refractivity contribution in [1.82, 2.24) is 4.90 Å². The van der Waals surface area contributed by atoms with E-state index >= 15 is 0 Å². The van der Waals surface area contributed by atoms with Crippen molar-refractivity contribution in [3.05, 3.63) is 29.3 Å². The molecule has 0 aliphatic carbocycles. The summed E-state index contributed by atoms with van der Waals surface area (Å²) in [6.45, 7) is 3.08. The molecule has 0 radical (unpaired) electrons. The summed E-state index contributed by atoms with van der Waals surface area (Å²) in [5.41, 5.74) is 0. The van der Waals surface area contributed by atoms with E-state index in [9.17, 15) is 5.11 Å². The Bertz CT molecular complexity index is 355. The van der Waals surface area contributed by atoms with Crippen molar-refractivity contribution in [3.63, 3.8) is 0 Å². The molecule has 1 aromatic rings. The summed E-state index contributed by atoms with van der Waals surface area (Å²) >= 11 is 5.81. The van der Waals surface area contributed by atoms with E-state index in [2.05, 4.69) is 4.90 Å². The predicted molar refractivity (Wildman–Crippen MR) is 73.2 cm³/mol. The van der Waals surface area contributed by atoms with E-state index in [-0.39, 0.29) is 6.61 Å². The van der Waals surface area contributed by atoms with E-state index in [1.165, 1.54) is 6.42 Å². The van der Waals surface area contributed by atoms with Gasteiger partial charge >= 0.3 is 0 Å². The number of rotatable bonds is 6. The monoisotopic (exact) mass is 269 g/mol. The van der Waals surface area contributed by atoms with Crippen molar-refractivity contribution in [2.75, 3.05) is 26.3 Å². The number of aliphatic hydroxyl groups excluding tert-OH is 1. The third kappa shape index (κ3) is 3.87. The van der Waals surface area contributed by atoms with Gasteiger partial charge in [0, 0.05) is 17.6 Å². The maximum Gasteiger partial charge on any atom is 0.119 e. The summed E-state index contributed by atoms with van der Waals surface area (Å²) in [5.74, 6) is 0.861. The third-order valence-corrected chi connectivity index (χ3v) is 3.63. The highest BCUT2D eigenvalue weighted by Crippen LogP contribution is 2.18. The van der Waals surface area contributed by atoms with Crippen LogP contribution in [0.15, 0.2) is 24.3 Å². The van der Waals surface area contributed by atoms with Crippen molar-refractivity contribution in [2.45, 2.75) is 25.3 Å². The molecule has 0 spiro atoms. The summed E-state index contributed by atoms with van der Waals surface area (Å²) in [6.07, 6.45) is 3.30. The number of benzene rings is 1. The van der Waals surface area contributed by atoms with Crippen LogP contribution < -0.4 is 4.74 Å². The molecule has 2 rings (SSSR count). The van der Waals surface area contributed by atoms with Crippen LogP contribution >= 0.6 is 11.6 Å². The molecule has 1 heterocycles. The number of hydrogen-bond donors (Lipinski definition) is 1. The highest BCUT2D eigenvalue weighted by molar-refractivity contribution is 6.30. The van der Waals surface area contributed by atoms with Crippen molar-refractivity contribution in [1.29, 1.82) is 0 Å². The molecule has 1 aliphatic rings. The molecule has 18 heavy (non-hydrogen) atoms. The second kappa shape index (κ2) is 6.98. The van der Waals surface area contributed by atoms with Crippen LogP contribution in [0.4, 0.5) is 0 Å². The zero-order valence-electron chi connectivity index (χ0n) is 10.5. The molecular formula is C14H20ClNO2. The first-order chi connectivity index (χ1) is 8.79. The molecule has 1 saturated heterocycles. The lowest BCUT2D eigenvalue weighted by atomic mass is 10.2. The third-order valence-electron chi connectivity index (χ3n) is 3.38. The van der Waals surface area contributed by atoms with E-state index in [0.29, 0.717) is 12.6 Å². The summed E-state index contributed by atoms with van der Waals surface area (Å²) in [6, 6.07) is 7.79. The molecule has 1 N–H and O–H groups in total. The second-order valence-electron chi connectivity index (χ2n) is 4.67. The number of ether oxygens (including phenoxy) is 1. The Kier molecular flexibility index (Phi) is 5.29. The Hall–Kier alpha value is -0.770. The van der Waals surface area contributed by atoms with Crippen LogP contribution in [-0.2, 0) is 0 Å². The number of nitrogens with zero attached hydrogens (tertiary/aromatic N) is 1. The van der Waals surface area contributed by atoms with Crippen molar-refractivity contribution >= 4 is 11.6 Å². The van der Waals surface area contributed by atoms with Crippen LogP contribution in [-0.4, -0.2) is 42.4 Å². The quantitative estimate of drug-likeness (QED) is 0.806. The lowest BCUT2D eigenvalue weighted by molar-refractivity contribution is 0.150. The van der Waals surface area contributed by atoms with E-state index in [1.54, 1.807) is 0 Å². The lowest BCUT2D eigenvalue weighted by Gasteiger charge is -2.22. The van der Waals surface area contributed by atoms with Crippen molar-refractivity contribution < 1.29 is 9.84 Å². The Balaban J connectivity index is 1.65. The normalized spacial score (nSPS) is 20.2. The Labute approximate surface area is 113 Å². The Morgan fingerprint density at radius 1 is 1.33 bits per heavy atom. The summed E-state index contributed by atoms with van der Waals surface area (Å²) < 4.78 is 5.64. The molecule has 0 amide bonds. The molecule has 100 valence electrons. The van der Waals surface area contributed by atoms with Crippen LogP contribution in [0.25, 0.3) is 0 Å². The molecule has 1 atom stereocenters. The first kappa shape index (κ1) is 13.7. The SMILES string of the molecule is OC[C@H]1CCCN1CCCOc1ccc(Cl)cc1. The molecule has 3 nitrogen and oxygen atoms in total. The zero-order chi connectivity index (χ0) is 12.8. The van der Waals surface area contributed by atoms with Crippen molar-refractivity contribution in [2.24, 2.45) is 0 Å². The summed E-state index contributed by atoms with van der Waals surface area (Å²) in [5, 5.41) is 9.94. The van der Waals surface area contributed by atoms with Gasteiger partial charge in [-0.25, -0.2) is 0 Å². The van der Waals surface area contributed by atoms with E-state index in [4.69, 9.17) is 16.3 Å². The molecule has 1 fully saturated rings. The molecule has 1 aliphatic heterocycles. The summed E-state index contributed by atoms with van der Waals surface area (Å²) in [4.78, 5) is 2.35. The van der Waals surface area contributed by atoms with Gasteiger partial charge in [0.1, 0.15) is 5.75 Å². The van der Waals surface area contributed by atoms with Crippen molar-refractivity contribution in [3.8, 4) is 5.75 Å². The number of aliphatic hydroxyl groups is 1. The fourth-order valence-electron chi connectivity index (χ4n) is 2.38. The molecule has 0 aromatic heterocycles. The van der Waals surface area contributed by atoms with Crippen LogP contribution in [0, 0.1) is 0 Å². The minimum absolute atomic E-state index is 0.276. The van der Waals surface area contributed by atoms with Gasteiger partial charge in [-0.1, -0.05) is 11.6 Å². The maximum atomic E-state index is 9.21. The molecule has 0 saturated carbocycles. The minimum Gasteiger partial charge on any atom is -0.494 e. The largest absolute Gasteiger partial charge is 0.494 e. The molecule has 0 unspecified atom stereocenters. The minimum atomic E-state index is 0.276. The van der Waals surface area contributed by atoms with Crippen LogP contribution in [0.2, 0.25) is 5.02 Å². The van der Waals surface area contributed by atoms with Gasteiger partial charge in [-0.15, -0.1) is 0 Å². The summed E-state index contributed by atoms with van der Waals surface area (Å²) in [7, 11) is 0. The first-order valence-corrected chi connectivity index (χ1v) is 6.90. The van der Waals surface area contributed by atoms with Gasteiger partial charge in [0.2, 0.25) is 0 Å². The van der Waals surface area contributed by atoms with Crippen LogP contribution in [0.3, 0.4) is 0 Å². The Morgan fingerprint density at radius 3 is 2.83 bits per heavy atom. The fraction of sp³-hybridized carbons (Fsp3) is 0.571. The smallest absolute Gasteiger partial charge is 0.119 e. The standard InChI is InChI=1S/C14H20ClNO2/c15-12-4-6-14(7-5-12)18-10-2-9-16-8-1-3-13(16)11-17/h4-7,13,17H,1-3,8-11H2/t13-/m1/s1. The molecule has 4 heteroatoms. The molecule has 1 aromatic carbocycles. The Morgan fingerprint density at radius 2 is 2.11 bits per heavy atom. The van der Waals surface area contributed by atoms with Crippen LogP contribution in [0.5, 0.6) is 5.75 Å². The maximum absolute atomic E-state index is 9.21. The highest BCUT2D eigenvalue weighted by atomic mass is 35.5.